The van der Waals surface area contributed by atoms with Crippen molar-refractivity contribution in [2.24, 2.45) is 0 Å². The third kappa shape index (κ3) is 3.08. The van der Waals surface area contributed by atoms with E-state index in [9.17, 15) is 9.18 Å². The van der Waals surface area contributed by atoms with Gasteiger partial charge in [0.1, 0.15) is 5.82 Å². The van der Waals surface area contributed by atoms with Gasteiger partial charge >= 0.3 is 5.24 Å². The number of rotatable bonds is 2. The van der Waals surface area contributed by atoms with Crippen LogP contribution < -0.4 is 9.62 Å². The van der Waals surface area contributed by atoms with Gasteiger partial charge in [0.2, 0.25) is 0 Å². The van der Waals surface area contributed by atoms with Gasteiger partial charge < -0.3 is 9.62 Å². The van der Waals surface area contributed by atoms with E-state index in [0.29, 0.717) is 11.6 Å². The monoisotopic (exact) mass is 371 g/mol. The molecule has 6 heteroatoms. The molecule has 0 saturated carbocycles. The standard InChI is InChI=1S/C20H22FN3OS/c1-13-7-8-18-14(11-13)15-12-23(2)10-9-19(15)24(18)20(25)26-22-17-6-4-3-5-16(17)21/h3-8,11,15,19,22H,9-10,12H2,1-2H3. The number of carbonyl (C=O) groups excluding carboxylic acids is 1. The highest BCUT2D eigenvalue weighted by Crippen LogP contribution is 2.46. The zero-order chi connectivity index (χ0) is 18.3. The number of para-hydroxylation sites is 1. The van der Waals surface area contributed by atoms with Crippen molar-refractivity contribution < 1.29 is 9.18 Å². The van der Waals surface area contributed by atoms with Crippen molar-refractivity contribution in [1.82, 2.24) is 4.90 Å². The van der Waals surface area contributed by atoms with Crippen LogP contribution in [0.1, 0.15) is 23.5 Å². The average molecular weight is 371 g/mol. The van der Waals surface area contributed by atoms with Gasteiger partial charge in [-0.3, -0.25) is 9.69 Å². The van der Waals surface area contributed by atoms with E-state index in [1.165, 1.54) is 17.2 Å². The van der Waals surface area contributed by atoms with Crippen LogP contribution in [0, 0.1) is 12.7 Å². The number of anilines is 2. The fourth-order valence-electron chi connectivity index (χ4n) is 4.01. The quantitative estimate of drug-likeness (QED) is 0.781. The number of benzene rings is 2. The number of amides is 1. The first-order valence-electron chi connectivity index (χ1n) is 8.84. The Morgan fingerprint density at radius 2 is 2.08 bits per heavy atom. The Balaban J connectivity index is 1.59. The SMILES string of the molecule is Cc1ccc2c(c1)C1CN(C)CCC1N2C(=O)SNc1ccccc1F. The minimum Gasteiger partial charge on any atom is -0.319 e. The fourth-order valence-corrected chi connectivity index (χ4v) is 4.71. The molecule has 2 atom stereocenters. The molecule has 4 nitrogen and oxygen atoms in total. The van der Waals surface area contributed by atoms with Gasteiger partial charge in [-0.15, -0.1) is 0 Å². The molecule has 1 amide bonds. The van der Waals surface area contributed by atoms with E-state index >= 15 is 0 Å². The van der Waals surface area contributed by atoms with Crippen LogP contribution in [0.5, 0.6) is 0 Å². The number of hydrogen-bond acceptors (Lipinski definition) is 4. The van der Waals surface area contributed by atoms with E-state index in [1.807, 2.05) is 11.0 Å². The van der Waals surface area contributed by atoms with Gasteiger partial charge in [-0.25, -0.2) is 4.39 Å². The summed E-state index contributed by atoms with van der Waals surface area (Å²) in [5, 5.41) is -0.0876. The lowest BCUT2D eigenvalue weighted by Gasteiger charge is -2.36. The number of likely N-dealkylation sites (N-methyl/N-ethyl adjacent to an activating group) is 1. The first-order chi connectivity index (χ1) is 12.5. The van der Waals surface area contributed by atoms with Crippen LogP contribution in [0.2, 0.25) is 0 Å². The molecular formula is C20H22FN3OS. The Labute approximate surface area is 157 Å². The first kappa shape index (κ1) is 17.4. The summed E-state index contributed by atoms with van der Waals surface area (Å²) in [5.41, 5.74) is 3.78. The molecule has 2 aromatic rings. The Morgan fingerprint density at radius 1 is 1.27 bits per heavy atom. The minimum absolute atomic E-state index is 0.0876. The molecule has 2 aliphatic rings. The lowest BCUT2D eigenvalue weighted by atomic mass is 9.89. The van der Waals surface area contributed by atoms with Crippen molar-refractivity contribution in [2.75, 3.05) is 29.8 Å². The average Bonchev–Trinajstić information content (AvgIpc) is 2.94. The largest absolute Gasteiger partial charge is 0.319 e. The zero-order valence-electron chi connectivity index (χ0n) is 14.9. The van der Waals surface area contributed by atoms with Crippen LogP contribution in [0.25, 0.3) is 0 Å². The van der Waals surface area contributed by atoms with Crippen LogP contribution in [0.15, 0.2) is 42.5 Å². The van der Waals surface area contributed by atoms with Crippen molar-refractivity contribution in [3.8, 4) is 0 Å². The Kier molecular flexibility index (Phi) is 4.63. The Hall–Kier alpha value is -2.05. The summed E-state index contributed by atoms with van der Waals surface area (Å²) < 4.78 is 16.7. The number of nitrogens with one attached hydrogen (secondary N) is 1. The summed E-state index contributed by atoms with van der Waals surface area (Å²) in [4.78, 5) is 17.2. The molecule has 2 unspecified atom stereocenters. The van der Waals surface area contributed by atoms with Gasteiger partial charge in [0.25, 0.3) is 0 Å². The first-order valence-corrected chi connectivity index (χ1v) is 9.66. The number of fused-ring (bicyclic) bond motifs is 3. The topological polar surface area (TPSA) is 35.6 Å². The van der Waals surface area contributed by atoms with Crippen molar-refractivity contribution in [3.63, 3.8) is 0 Å². The summed E-state index contributed by atoms with van der Waals surface area (Å²) in [6, 6.07) is 12.9. The molecule has 4 rings (SSSR count). The predicted molar refractivity (Wildman–Crippen MR) is 105 cm³/mol. The third-order valence-electron chi connectivity index (χ3n) is 5.27. The Morgan fingerprint density at radius 3 is 2.88 bits per heavy atom. The van der Waals surface area contributed by atoms with Crippen LogP contribution in [0.3, 0.4) is 0 Å². The van der Waals surface area contributed by atoms with E-state index in [-0.39, 0.29) is 17.1 Å². The predicted octanol–water partition coefficient (Wildman–Crippen LogP) is 4.62. The lowest BCUT2D eigenvalue weighted by Crippen LogP contribution is -2.46. The molecule has 26 heavy (non-hydrogen) atoms. The maximum Gasteiger partial charge on any atom is 0.306 e. The molecular weight excluding hydrogens is 349 g/mol. The summed E-state index contributed by atoms with van der Waals surface area (Å²) in [6.45, 7) is 4.01. The number of halogens is 1. The second kappa shape index (κ2) is 6.93. The second-order valence-corrected chi connectivity index (χ2v) is 7.86. The minimum atomic E-state index is -0.359. The van der Waals surface area contributed by atoms with Gasteiger partial charge in [0.15, 0.2) is 0 Å². The van der Waals surface area contributed by atoms with Gasteiger partial charge in [-0.05, 0) is 50.7 Å². The van der Waals surface area contributed by atoms with E-state index in [0.717, 1.165) is 37.1 Å². The molecule has 2 heterocycles. The molecule has 1 N–H and O–H groups in total. The molecule has 1 saturated heterocycles. The molecule has 0 bridgehead atoms. The number of nitrogens with zero attached hydrogens (tertiary/aromatic N) is 2. The molecule has 136 valence electrons. The third-order valence-corrected chi connectivity index (χ3v) is 5.97. The maximum atomic E-state index is 13.8. The maximum absolute atomic E-state index is 13.8. The van der Waals surface area contributed by atoms with Crippen molar-refractivity contribution in [1.29, 1.82) is 0 Å². The van der Waals surface area contributed by atoms with Crippen molar-refractivity contribution >= 4 is 28.6 Å². The van der Waals surface area contributed by atoms with E-state index < -0.39 is 0 Å². The molecule has 0 spiro atoms. The van der Waals surface area contributed by atoms with E-state index in [4.69, 9.17) is 0 Å². The number of aryl methyl sites for hydroxylation is 1. The van der Waals surface area contributed by atoms with Crippen LogP contribution in [-0.4, -0.2) is 36.3 Å². The fraction of sp³-hybridized carbons (Fsp3) is 0.350. The highest BCUT2D eigenvalue weighted by Gasteiger charge is 2.44. The molecule has 0 aliphatic carbocycles. The molecule has 1 fully saturated rings. The zero-order valence-corrected chi connectivity index (χ0v) is 15.7. The summed E-state index contributed by atoms with van der Waals surface area (Å²) in [7, 11) is 2.13. The Bertz CT molecular complexity index is 844. The smallest absolute Gasteiger partial charge is 0.306 e. The molecule has 2 aromatic carbocycles. The highest BCUT2D eigenvalue weighted by atomic mass is 32.2. The van der Waals surface area contributed by atoms with Gasteiger partial charge in [-0.1, -0.05) is 29.8 Å². The van der Waals surface area contributed by atoms with Crippen LogP contribution >= 0.6 is 11.9 Å². The second-order valence-electron chi connectivity index (χ2n) is 7.11. The number of piperidine rings is 1. The summed E-state index contributed by atoms with van der Waals surface area (Å²) >= 11 is 0.949. The number of carbonyl (C=O) groups is 1. The van der Waals surface area contributed by atoms with Crippen LogP contribution in [-0.2, 0) is 0 Å². The lowest BCUT2D eigenvalue weighted by molar-refractivity contribution is 0.227. The van der Waals surface area contributed by atoms with Crippen LogP contribution in [0.4, 0.5) is 20.6 Å². The number of hydrogen-bond donors (Lipinski definition) is 1. The summed E-state index contributed by atoms with van der Waals surface area (Å²) in [6.07, 6.45) is 0.945. The van der Waals surface area contributed by atoms with Gasteiger partial charge in [0, 0.05) is 36.1 Å². The molecule has 0 aromatic heterocycles. The summed E-state index contributed by atoms with van der Waals surface area (Å²) in [5.74, 6) is -0.0240. The van der Waals surface area contributed by atoms with Gasteiger partial charge in [-0.2, -0.15) is 0 Å². The van der Waals surface area contributed by atoms with E-state index in [2.05, 4.69) is 35.7 Å². The van der Waals surface area contributed by atoms with Crippen molar-refractivity contribution in [2.45, 2.75) is 25.3 Å². The normalized spacial score (nSPS) is 22.0. The molecule has 0 radical (unpaired) electrons. The van der Waals surface area contributed by atoms with Crippen molar-refractivity contribution in [3.05, 3.63) is 59.4 Å². The van der Waals surface area contributed by atoms with E-state index in [1.54, 1.807) is 18.2 Å². The van der Waals surface area contributed by atoms with Gasteiger partial charge in [0.05, 0.1) is 5.69 Å². The highest BCUT2D eigenvalue weighted by molar-refractivity contribution is 8.15. The molecule has 2 aliphatic heterocycles. The number of likely N-dealkylation sites (tertiary alicyclic amines) is 1.